The molecule has 0 radical (unpaired) electrons. The third-order valence-electron chi connectivity index (χ3n) is 3.10. The molecule has 0 saturated carbocycles. The lowest BCUT2D eigenvalue weighted by atomic mass is 10.1. The second-order valence-corrected chi connectivity index (χ2v) is 4.36. The van der Waals surface area contributed by atoms with Crippen molar-refractivity contribution in [2.24, 2.45) is 5.73 Å². The van der Waals surface area contributed by atoms with E-state index in [4.69, 9.17) is 15.3 Å². The summed E-state index contributed by atoms with van der Waals surface area (Å²) in [5, 5.41) is 13.3. The van der Waals surface area contributed by atoms with E-state index in [1.54, 1.807) is 6.26 Å². The topological polar surface area (TPSA) is 71.4 Å². The van der Waals surface area contributed by atoms with Crippen molar-refractivity contribution in [3.8, 4) is 0 Å². The number of rotatable bonds is 7. The average molecular weight is 248 g/mol. The highest BCUT2D eigenvalue weighted by atomic mass is 16.3. The van der Waals surface area contributed by atoms with Gasteiger partial charge in [0.05, 0.1) is 6.26 Å². The summed E-state index contributed by atoms with van der Waals surface area (Å²) in [6.07, 6.45) is 3.54. The molecule has 1 aromatic heterocycles. The highest BCUT2D eigenvalue weighted by Gasteiger charge is 2.14. The number of hydrogen-bond acceptors (Lipinski definition) is 4. The standard InChI is InChI=1S/C14H20N2O2/c15-9-13(16-7-3-4-8-17)12-10-18-14-6-2-1-5-11(12)14/h1-2,5-6,10,13,16-17H,3-4,7-9,15H2. The number of hydrogen-bond donors (Lipinski definition) is 3. The zero-order valence-corrected chi connectivity index (χ0v) is 10.4. The molecule has 2 rings (SSSR count). The first-order valence-electron chi connectivity index (χ1n) is 6.37. The monoisotopic (exact) mass is 248 g/mol. The molecule has 0 aliphatic carbocycles. The Morgan fingerprint density at radius 2 is 2.11 bits per heavy atom. The number of furan rings is 1. The number of aliphatic hydroxyl groups excluding tert-OH is 1. The zero-order valence-electron chi connectivity index (χ0n) is 10.4. The van der Waals surface area contributed by atoms with Crippen molar-refractivity contribution in [3.05, 3.63) is 36.1 Å². The van der Waals surface area contributed by atoms with Crippen LogP contribution in [0.3, 0.4) is 0 Å². The molecule has 0 aliphatic heterocycles. The van der Waals surface area contributed by atoms with E-state index in [-0.39, 0.29) is 12.6 Å². The fourth-order valence-corrected chi connectivity index (χ4v) is 2.10. The minimum Gasteiger partial charge on any atom is -0.464 e. The van der Waals surface area contributed by atoms with Crippen molar-refractivity contribution >= 4 is 11.0 Å². The van der Waals surface area contributed by atoms with Crippen molar-refractivity contribution in [1.29, 1.82) is 0 Å². The summed E-state index contributed by atoms with van der Waals surface area (Å²) >= 11 is 0. The fourth-order valence-electron chi connectivity index (χ4n) is 2.10. The van der Waals surface area contributed by atoms with Crippen molar-refractivity contribution in [1.82, 2.24) is 5.32 Å². The van der Waals surface area contributed by atoms with Crippen molar-refractivity contribution in [2.45, 2.75) is 18.9 Å². The summed E-state index contributed by atoms with van der Waals surface area (Å²) < 4.78 is 5.52. The largest absolute Gasteiger partial charge is 0.464 e. The zero-order chi connectivity index (χ0) is 12.8. The smallest absolute Gasteiger partial charge is 0.134 e. The first kappa shape index (κ1) is 13.1. The van der Waals surface area contributed by atoms with Crippen LogP contribution in [0.25, 0.3) is 11.0 Å². The maximum atomic E-state index is 8.75. The van der Waals surface area contributed by atoms with Crippen LogP contribution in [0, 0.1) is 0 Å². The third kappa shape index (κ3) is 2.90. The molecule has 0 amide bonds. The minimum absolute atomic E-state index is 0.104. The lowest BCUT2D eigenvalue weighted by Gasteiger charge is -2.15. The van der Waals surface area contributed by atoms with Gasteiger partial charge in [-0.3, -0.25) is 0 Å². The van der Waals surface area contributed by atoms with Crippen LogP contribution in [0.15, 0.2) is 34.9 Å². The van der Waals surface area contributed by atoms with Gasteiger partial charge in [0.25, 0.3) is 0 Å². The molecule has 4 heteroatoms. The Morgan fingerprint density at radius 1 is 1.28 bits per heavy atom. The number of fused-ring (bicyclic) bond motifs is 1. The SMILES string of the molecule is NCC(NCCCCO)c1coc2ccccc12. The van der Waals surface area contributed by atoms with E-state index in [2.05, 4.69) is 5.32 Å². The number of para-hydroxylation sites is 1. The summed E-state index contributed by atoms with van der Waals surface area (Å²) in [5.74, 6) is 0. The van der Waals surface area contributed by atoms with E-state index in [1.165, 1.54) is 0 Å². The van der Waals surface area contributed by atoms with Gasteiger partial charge in [-0.1, -0.05) is 18.2 Å². The second kappa shape index (κ2) is 6.54. The van der Waals surface area contributed by atoms with Crippen LogP contribution in [0.5, 0.6) is 0 Å². The van der Waals surface area contributed by atoms with Gasteiger partial charge in [-0.05, 0) is 25.5 Å². The van der Waals surface area contributed by atoms with Gasteiger partial charge in [0.15, 0.2) is 0 Å². The molecule has 18 heavy (non-hydrogen) atoms. The van der Waals surface area contributed by atoms with Crippen LogP contribution >= 0.6 is 0 Å². The van der Waals surface area contributed by atoms with E-state index in [0.717, 1.165) is 35.9 Å². The molecule has 1 aromatic carbocycles. The van der Waals surface area contributed by atoms with Gasteiger partial charge in [-0.25, -0.2) is 0 Å². The Kier molecular flexibility index (Phi) is 4.75. The Labute approximate surface area is 107 Å². The molecular weight excluding hydrogens is 228 g/mol. The van der Waals surface area contributed by atoms with Crippen molar-refractivity contribution in [3.63, 3.8) is 0 Å². The van der Waals surface area contributed by atoms with Gasteiger partial charge in [0, 0.05) is 30.1 Å². The number of benzene rings is 1. The first-order valence-corrected chi connectivity index (χ1v) is 6.37. The highest BCUT2D eigenvalue weighted by molar-refractivity contribution is 5.81. The number of nitrogens with one attached hydrogen (secondary N) is 1. The summed E-state index contributed by atoms with van der Waals surface area (Å²) in [5.41, 5.74) is 7.82. The predicted octanol–water partition coefficient (Wildman–Crippen LogP) is 1.79. The number of aliphatic hydroxyl groups is 1. The van der Waals surface area contributed by atoms with Gasteiger partial charge >= 0.3 is 0 Å². The lowest BCUT2D eigenvalue weighted by molar-refractivity contribution is 0.282. The average Bonchev–Trinajstić information content (AvgIpc) is 2.83. The number of unbranched alkanes of at least 4 members (excludes halogenated alkanes) is 1. The summed E-state index contributed by atoms with van der Waals surface area (Å²) in [6, 6.07) is 8.07. The molecule has 98 valence electrons. The van der Waals surface area contributed by atoms with Crippen molar-refractivity contribution in [2.75, 3.05) is 19.7 Å². The molecule has 0 bridgehead atoms. The normalized spacial score (nSPS) is 13.0. The Bertz CT molecular complexity index is 481. The predicted molar refractivity (Wildman–Crippen MR) is 72.3 cm³/mol. The van der Waals surface area contributed by atoms with Crippen molar-refractivity contribution < 1.29 is 9.52 Å². The maximum absolute atomic E-state index is 8.75. The van der Waals surface area contributed by atoms with Gasteiger partial charge in [0.1, 0.15) is 5.58 Å². The molecule has 4 N–H and O–H groups in total. The molecule has 4 nitrogen and oxygen atoms in total. The van der Waals surface area contributed by atoms with E-state index < -0.39 is 0 Å². The molecule has 2 aromatic rings. The molecule has 1 atom stereocenters. The van der Waals surface area contributed by atoms with Gasteiger partial charge < -0.3 is 20.6 Å². The van der Waals surface area contributed by atoms with Crippen LogP contribution in [-0.2, 0) is 0 Å². The van der Waals surface area contributed by atoms with Crippen LogP contribution < -0.4 is 11.1 Å². The van der Waals surface area contributed by atoms with Gasteiger partial charge in [-0.15, -0.1) is 0 Å². The molecule has 0 fully saturated rings. The summed E-state index contributed by atoms with van der Waals surface area (Å²) in [7, 11) is 0. The highest BCUT2D eigenvalue weighted by Crippen LogP contribution is 2.25. The molecular formula is C14H20N2O2. The summed E-state index contributed by atoms with van der Waals surface area (Å²) in [4.78, 5) is 0. The van der Waals surface area contributed by atoms with Crippen LogP contribution in [-0.4, -0.2) is 24.8 Å². The third-order valence-corrected chi connectivity index (χ3v) is 3.10. The maximum Gasteiger partial charge on any atom is 0.134 e. The molecule has 1 unspecified atom stereocenters. The molecule has 1 heterocycles. The van der Waals surface area contributed by atoms with Gasteiger partial charge in [-0.2, -0.15) is 0 Å². The Morgan fingerprint density at radius 3 is 2.89 bits per heavy atom. The quantitative estimate of drug-likeness (QED) is 0.653. The van der Waals surface area contributed by atoms with E-state index in [0.29, 0.717) is 6.54 Å². The van der Waals surface area contributed by atoms with E-state index >= 15 is 0 Å². The Hall–Kier alpha value is -1.36. The van der Waals surface area contributed by atoms with Crippen LogP contribution in [0.2, 0.25) is 0 Å². The van der Waals surface area contributed by atoms with E-state index in [9.17, 15) is 0 Å². The molecule has 0 aliphatic rings. The molecule has 0 spiro atoms. The molecule has 0 saturated heterocycles. The second-order valence-electron chi connectivity index (χ2n) is 4.36. The fraction of sp³-hybridized carbons (Fsp3) is 0.429. The lowest BCUT2D eigenvalue weighted by Crippen LogP contribution is -2.28. The summed E-state index contributed by atoms with van der Waals surface area (Å²) in [6.45, 7) is 1.62. The van der Waals surface area contributed by atoms with Crippen LogP contribution in [0.1, 0.15) is 24.4 Å². The van der Waals surface area contributed by atoms with Gasteiger partial charge in [0.2, 0.25) is 0 Å². The van der Waals surface area contributed by atoms with E-state index in [1.807, 2.05) is 24.3 Å². The Balaban J connectivity index is 2.07. The minimum atomic E-state index is 0.104. The first-order chi connectivity index (χ1) is 8.86. The van der Waals surface area contributed by atoms with Crippen LogP contribution in [0.4, 0.5) is 0 Å². The number of nitrogens with two attached hydrogens (primary N) is 1.